The van der Waals surface area contributed by atoms with Crippen molar-refractivity contribution in [3.8, 4) is 5.75 Å². The molecule has 4 rings (SSSR count). The fourth-order valence-corrected chi connectivity index (χ4v) is 3.37. The zero-order valence-electron chi connectivity index (χ0n) is 17.4. The molecule has 1 amide bonds. The van der Waals surface area contributed by atoms with Crippen molar-refractivity contribution >= 4 is 35.0 Å². The quantitative estimate of drug-likeness (QED) is 0.178. The largest absolute Gasteiger partial charge is 0.488 e. The molecule has 34 heavy (non-hydrogen) atoms. The van der Waals surface area contributed by atoms with Crippen molar-refractivity contribution in [2.75, 3.05) is 5.01 Å². The number of hydrogen-bond donors (Lipinski definition) is 0. The summed E-state index contributed by atoms with van der Waals surface area (Å²) in [5.74, 6) is -11.7. The van der Waals surface area contributed by atoms with Crippen molar-refractivity contribution in [2.24, 2.45) is 5.10 Å². The van der Waals surface area contributed by atoms with Crippen molar-refractivity contribution in [1.82, 2.24) is 0 Å². The summed E-state index contributed by atoms with van der Waals surface area (Å²) in [7, 11) is 0. The SMILES string of the molecule is CC1=NN(c2c(F)c(F)c(F)c(F)c2F)C(=O)/C1=C\c1ccccc1OCc1ccc(Cl)cc1. The first kappa shape index (κ1) is 23.4. The van der Waals surface area contributed by atoms with Crippen molar-refractivity contribution in [3.05, 3.63) is 99.3 Å². The zero-order valence-corrected chi connectivity index (χ0v) is 18.1. The minimum Gasteiger partial charge on any atom is -0.488 e. The van der Waals surface area contributed by atoms with Gasteiger partial charge in [0.15, 0.2) is 23.3 Å². The second-order valence-corrected chi connectivity index (χ2v) is 7.67. The van der Waals surface area contributed by atoms with Crippen molar-refractivity contribution in [3.63, 3.8) is 0 Å². The Labute approximate surface area is 195 Å². The number of hydrogen-bond acceptors (Lipinski definition) is 3. The minimum absolute atomic E-state index is 0.0152. The number of hydrazone groups is 1. The molecule has 1 aliphatic rings. The summed E-state index contributed by atoms with van der Waals surface area (Å²) >= 11 is 5.87. The number of benzene rings is 3. The Morgan fingerprint density at radius 1 is 0.912 bits per heavy atom. The molecule has 3 aromatic carbocycles. The van der Waals surface area contributed by atoms with Gasteiger partial charge in [-0.3, -0.25) is 4.79 Å². The van der Waals surface area contributed by atoms with Crippen LogP contribution in [0.5, 0.6) is 5.75 Å². The highest BCUT2D eigenvalue weighted by Gasteiger charge is 2.37. The van der Waals surface area contributed by atoms with E-state index in [-0.39, 0.29) is 22.9 Å². The van der Waals surface area contributed by atoms with E-state index in [4.69, 9.17) is 16.3 Å². The van der Waals surface area contributed by atoms with Gasteiger partial charge in [0.2, 0.25) is 5.82 Å². The van der Waals surface area contributed by atoms with Gasteiger partial charge in [0.25, 0.3) is 5.91 Å². The van der Waals surface area contributed by atoms with Crippen LogP contribution in [0.4, 0.5) is 27.6 Å². The highest BCUT2D eigenvalue weighted by molar-refractivity contribution is 6.32. The van der Waals surface area contributed by atoms with E-state index in [0.29, 0.717) is 16.3 Å². The molecular weight excluding hydrogens is 479 g/mol. The predicted octanol–water partition coefficient (Wildman–Crippen LogP) is 6.42. The summed E-state index contributed by atoms with van der Waals surface area (Å²) in [5, 5.41) is 4.46. The fraction of sp³-hybridized carbons (Fsp3) is 0.0833. The average molecular weight is 493 g/mol. The van der Waals surface area contributed by atoms with E-state index in [1.807, 2.05) is 0 Å². The molecule has 4 nitrogen and oxygen atoms in total. The molecule has 3 aromatic rings. The Morgan fingerprint density at radius 3 is 2.15 bits per heavy atom. The summed E-state index contributed by atoms with van der Waals surface area (Å²) in [6, 6.07) is 13.6. The first-order valence-corrected chi connectivity index (χ1v) is 10.2. The van der Waals surface area contributed by atoms with E-state index < -0.39 is 40.7 Å². The molecule has 10 heteroatoms. The second-order valence-electron chi connectivity index (χ2n) is 7.23. The van der Waals surface area contributed by atoms with E-state index in [1.165, 1.54) is 13.0 Å². The smallest absolute Gasteiger partial charge is 0.280 e. The van der Waals surface area contributed by atoms with Crippen LogP contribution in [0.15, 0.2) is 59.2 Å². The van der Waals surface area contributed by atoms with Crippen LogP contribution in [0.3, 0.4) is 0 Å². The first-order chi connectivity index (χ1) is 16.2. The molecule has 0 saturated heterocycles. The number of amides is 1. The molecule has 0 spiro atoms. The van der Waals surface area contributed by atoms with Crippen LogP contribution in [0, 0.1) is 29.1 Å². The fourth-order valence-electron chi connectivity index (χ4n) is 3.24. The molecule has 0 N–H and O–H groups in total. The summed E-state index contributed by atoms with van der Waals surface area (Å²) in [5.41, 5.74) is -0.267. The third-order valence-corrected chi connectivity index (χ3v) is 5.24. The molecule has 0 atom stereocenters. The Kier molecular flexibility index (Phi) is 6.39. The molecule has 0 radical (unpaired) electrons. The number of para-hydroxylation sites is 1. The monoisotopic (exact) mass is 492 g/mol. The maximum absolute atomic E-state index is 14.2. The Balaban J connectivity index is 1.66. The maximum atomic E-state index is 14.2. The zero-order chi connectivity index (χ0) is 24.6. The van der Waals surface area contributed by atoms with E-state index >= 15 is 0 Å². The van der Waals surface area contributed by atoms with E-state index in [9.17, 15) is 26.7 Å². The van der Waals surface area contributed by atoms with Gasteiger partial charge in [0.05, 0.1) is 11.3 Å². The van der Waals surface area contributed by atoms with Gasteiger partial charge in [-0.25, -0.2) is 22.0 Å². The van der Waals surface area contributed by atoms with E-state index in [0.717, 1.165) is 5.56 Å². The first-order valence-electron chi connectivity index (χ1n) is 9.78. The number of carbonyl (C=O) groups excluding carboxylic acids is 1. The van der Waals surface area contributed by atoms with Crippen LogP contribution in [0.1, 0.15) is 18.1 Å². The lowest BCUT2D eigenvalue weighted by molar-refractivity contribution is -0.114. The predicted molar refractivity (Wildman–Crippen MR) is 117 cm³/mol. The Morgan fingerprint density at radius 2 is 1.50 bits per heavy atom. The molecule has 0 bridgehead atoms. The number of halogens is 6. The second kappa shape index (κ2) is 9.26. The Hall–Kier alpha value is -3.72. The van der Waals surface area contributed by atoms with E-state index in [1.54, 1.807) is 48.5 Å². The molecule has 0 saturated carbocycles. The lowest BCUT2D eigenvalue weighted by Crippen LogP contribution is -2.25. The van der Waals surface area contributed by atoms with Crippen LogP contribution in [0.2, 0.25) is 5.02 Å². The Bertz CT molecular complexity index is 1330. The van der Waals surface area contributed by atoms with Crippen molar-refractivity contribution in [1.29, 1.82) is 0 Å². The van der Waals surface area contributed by atoms with Crippen LogP contribution < -0.4 is 9.75 Å². The maximum Gasteiger partial charge on any atom is 0.280 e. The van der Waals surface area contributed by atoms with Gasteiger partial charge in [0.1, 0.15) is 18.0 Å². The van der Waals surface area contributed by atoms with Gasteiger partial charge >= 0.3 is 0 Å². The normalized spacial score (nSPS) is 14.7. The van der Waals surface area contributed by atoms with Gasteiger partial charge in [0, 0.05) is 10.6 Å². The number of ether oxygens (including phenoxy) is 1. The molecule has 0 unspecified atom stereocenters. The molecule has 0 aromatic heterocycles. The average Bonchev–Trinajstić information content (AvgIpc) is 3.10. The van der Waals surface area contributed by atoms with Crippen LogP contribution in [0.25, 0.3) is 6.08 Å². The highest BCUT2D eigenvalue weighted by atomic mass is 35.5. The van der Waals surface area contributed by atoms with Crippen LogP contribution in [-0.4, -0.2) is 11.6 Å². The third-order valence-electron chi connectivity index (χ3n) is 4.99. The lowest BCUT2D eigenvalue weighted by atomic mass is 10.1. The lowest BCUT2D eigenvalue weighted by Gasteiger charge is -2.15. The number of anilines is 1. The number of rotatable bonds is 5. The van der Waals surface area contributed by atoms with E-state index in [2.05, 4.69) is 5.10 Å². The number of carbonyl (C=O) groups is 1. The molecule has 1 aliphatic heterocycles. The summed E-state index contributed by atoms with van der Waals surface area (Å²) < 4.78 is 74.9. The summed E-state index contributed by atoms with van der Waals surface area (Å²) in [6.07, 6.45) is 1.37. The van der Waals surface area contributed by atoms with Gasteiger partial charge < -0.3 is 4.74 Å². The summed E-state index contributed by atoms with van der Waals surface area (Å²) in [4.78, 5) is 12.9. The minimum atomic E-state index is -2.33. The molecule has 0 aliphatic carbocycles. The molecule has 1 heterocycles. The third kappa shape index (κ3) is 4.26. The van der Waals surface area contributed by atoms with Gasteiger partial charge in [-0.05, 0) is 36.8 Å². The molecular formula is C24H14ClF5N2O2. The van der Waals surface area contributed by atoms with Gasteiger partial charge in [-0.2, -0.15) is 10.1 Å². The van der Waals surface area contributed by atoms with Gasteiger partial charge in [-0.15, -0.1) is 0 Å². The number of nitrogens with zero attached hydrogens (tertiary/aromatic N) is 2. The van der Waals surface area contributed by atoms with Crippen molar-refractivity contribution < 1.29 is 31.5 Å². The summed E-state index contributed by atoms with van der Waals surface area (Å²) in [6.45, 7) is 1.56. The standard InChI is InChI=1S/C24H14ClF5N2O2/c1-12-16(24(33)32(31-12)23-21(29)19(27)18(26)20(28)22(23)30)10-14-4-2-3-5-17(14)34-11-13-6-8-15(25)9-7-13/h2-10H,11H2,1H3/b16-10-. The van der Waals surface area contributed by atoms with Crippen LogP contribution in [-0.2, 0) is 11.4 Å². The molecule has 0 fully saturated rings. The highest BCUT2D eigenvalue weighted by Crippen LogP contribution is 2.34. The van der Waals surface area contributed by atoms with Crippen LogP contribution >= 0.6 is 11.6 Å². The topological polar surface area (TPSA) is 41.9 Å². The molecule has 174 valence electrons. The van der Waals surface area contributed by atoms with Crippen molar-refractivity contribution in [2.45, 2.75) is 13.5 Å². The van der Waals surface area contributed by atoms with Gasteiger partial charge in [-0.1, -0.05) is 41.9 Å².